The number of aromatic nitrogens is 2. The van der Waals surface area contributed by atoms with E-state index in [0.717, 1.165) is 4.73 Å². The molecule has 4 heteroatoms. The average molecular weight is 212 g/mol. The summed E-state index contributed by atoms with van der Waals surface area (Å²) in [5.74, 6) is 0. The van der Waals surface area contributed by atoms with E-state index in [1.54, 1.807) is 24.3 Å². The van der Waals surface area contributed by atoms with Crippen LogP contribution in [0.25, 0.3) is 22.4 Å². The lowest BCUT2D eigenvalue weighted by atomic mass is 10.2. The van der Waals surface area contributed by atoms with E-state index < -0.39 is 0 Å². The lowest BCUT2D eigenvalue weighted by molar-refractivity contribution is 0.202. The molecule has 0 atom stereocenters. The molecule has 0 fully saturated rings. The zero-order valence-electron chi connectivity index (χ0n) is 8.29. The normalized spacial score (nSPS) is 11.0. The first-order valence-corrected chi connectivity index (χ1v) is 4.87. The fraction of sp³-hybridized carbons (Fsp3) is 0. The van der Waals surface area contributed by atoms with Crippen molar-refractivity contribution in [3.05, 3.63) is 52.7 Å². The average Bonchev–Trinajstić information content (AvgIpc) is 2.31. The standard InChI is InChI=1S/C12H8N2O2/c15-11-7-3-6-10-12(11)13-8-4-1-2-5-9(8)14(10)16/h1-7,16H. The highest BCUT2D eigenvalue weighted by Gasteiger charge is 2.13. The van der Waals surface area contributed by atoms with Crippen molar-refractivity contribution in [2.75, 3.05) is 0 Å². The molecular weight excluding hydrogens is 204 g/mol. The molecule has 3 rings (SSSR count). The number of para-hydroxylation sites is 3. The van der Waals surface area contributed by atoms with Crippen LogP contribution in [0.15, 0.2) is 47.3 Å². The van der Waals surface area contributed by atoms with Crippen molar-refractivity contribution < 1.29 is 5.21 Å². The van der Waals surface area contributed by atoms with Gasteiger partial charge in [-0.2, -0.15) is 4.73 Å². The number of nitrogens with zero attached hydrogens (tertiary/aromatic N) is 2. The summed E-state index contributed by atoms with van der Waals surface area (Å²) in [6, 6.07) is 11.8. The zero-order chi connectivity index (χ0) is 11.1. The lowest BCUT2D eigenvalue weighted by Crippen LogP contribution is -2.12. The molecule has 0 radical (unpaired) electrons. The SMILES string of the molecule is O=c1cccc2n(O)c3ccccc3nc1-2. The molecule has 1 aromatic carbocycles. The molecule has 16 heavy (non-hydrogen) atoms. The topological polar surface area (TPSA) is 55.1 Å². The molecule has 0 unspecified atom stereocenters. The summed E-state index contributed by atoms with van der Waals surface area (Å²) >= 11 is 0. The summed E-state index contributed by atoms with van der Waals surface area (Å²) in [7, 11) is 0. The molecule has 0 aromatic heterocycles. The van der Waals surface area contributed by atoms with Gasteiger partial charge in [0.1, 0.15) is 16.9 Å². The van der Waals surface area contributed by atoms with E-state index in [2.05, 4.69) is 4.98 Å². The van der Waals surface area contributed by atoms with Gasteiger partial charge in [-0.15, -0.1) is 0 Å². The predicted molar refractivity (Wildman–Crippen MR) is 59.8 cm³/mol. The zero-order valence-corrected chi connectivity index (χ0v) is 8.29. The molecule has 1 aliphatic heterocycles. The van der Waals surface area contributed by atoms with Gasteiger partial charge in [0, 0.05) is 0 Å². The van der Waals surface area contributed by atoms with E-state index in [4.69, 9.17) is 0 Å². The Kier molecular flexibility index (Phi) is 1.71. The van der Waals surface area contributed by atoms with Crippen molar-refractivity contribution in [2.24, 2.45) is 0 Å². The molecule has 0 amide bonds. The van der Waals surface area contributed by atoms with Gasteiger partial charge in [-0.05, 0) is 24.3 Å². The molecule has 2 aliphatic rings. The molecule has 0 saturated heterocycles. The molecule has 1 aromatic rings. The molecule has 1 aliphatic carbocycles. The van der Waals surface area contributed by atoms with Crippen molar-refractivity contribution in [1.82, 2.24) is 9.71 Å². The van der Waals surface area contributed by atoms with Gasteiger partial charge >= 0.3 is 0 Å². The van der Waals surface area contributed by atoms with E-state index in [1.807, 2.05) is 12.1 Å². The molecule has 0 spiro atoms. The number of benzene rings is 2. The number of rotatable bonds is 0. The van der Waals surface area contributed by atoms with Crippen molar-refractivity contribution in [3.8, 4) is 11.4 Å². The van der Waals surface area contributed by atoms with Crippen LogP contribution < -0.4 is 5.43 Å². The molecule has 0 saturated carbocycles. The monoisotopic (exact) mass is 212 g/mol. The van der Waals surface area contributed by atoms with Crippen LogP contribution in [0.3, 0.4) is 0 Å². The van der Waals surface area contributed by atoms with Crippen molar-refractivity contribution >= 4 is 11.0 Å². The summed E-state index contributed by atoms with van der Waals surface area (Å²) < 4.78 is 0.999. The second kappa shape index (κ2) is 3.06. The highest BCUT2D eigenvalue weighted by molar-refractivity contribution is 5.79. The molecule has 4 nitrogen and oxygen atoms in total. The molecule has 78 valence electrons. The van der Waals surface area contributed by atoms with Crippen LogP contribution in [0.2, 0.25) is 0 Å². The summed E-state index contributed by atoms with van der Waals surface area (Å²) in [5.41, 5.74) is 1.70. The first-order chi connectivity index (χ1) is 7.77. The second-order valence-corrected chi connectivity index (χ2v) is 3.54. The first kappa shape index (κ1) is 8.91. The minimum absolute atomic E-state index is 0.189. The Hall–Kier alpha value is -2.36. The van der Waals surface area contributed by atoms with Gasteiger partial charge in [-0.3, -0.25) is 4.79 Å². The Labute approximate surface area is 90.7 Å². The minimum Gasteiger partial charge on any atom is -0.428 e. The van der Waals surface area contributed by atoms with Crippen LogP contribution in [-0.2, 0) is 0 Å². The van der Waals surface area contributed by atoms with Crippen LogP contribution in [-0.4, -0.2) is 14.9 Å². The largest absolute Gasteiger partial charge is 0.428 e. The number of hydrogen-bond acceptors (Lipinski definition) is 3. The Bertz CT molecular complexity index is 703. The predicted octanol–water partition coefficient (Wildman–Crippen LogP) is 1.74. The lowest BCUT2D eigenvalue weighted by Gasteiger charge is -2.11. The smallest absolute Gasteiger partial charge is 0.206 e. The third kappa shape index (κ3) is 1.10. The number of hydrogen-bond donors (Lipinski definition) is 1. The van der Waals surface area contributed by atoms with E-state index in [1.165, 1.54) is 6.07 Å². The van der Waals surface area contributed by atoms with Gasteiger partial charge in [-0.1, -0.05) is 18.2 Å². The van der Waals surface area contributed by atoms with Crippen molar-refractivity contribution in [2.45, 2.75) is 0 Å². The molecule has 1 heterocycles. The molecule has 0 bridgehead atoms. The number of fused-ring (bicyclic) bond motifs is 2. The highest BCUT2D eigenvalue weighted by Crippen LogP contribution is 2.20. The summed E-state index contributed by atoms with van der Waals surface area (Å²) in [5, 5.41) is 9.97. The Balaban J connectivity index is 2.61. The van der Waals surface area contributed by atoms with Crippen LogP contribution >= 0.6 is 0 Å². The van der Waals surface area contributed by atoms with Gasteiger partial charge in [0.15, 0.2) is 0 Å². The molecule has 1 N–H and O–H groups in total. The summed E-state index contributed by atoms with van der Waals surface area (Å²) in [4.78, 5) is 15.8. The van der Waals surface area contributed by atoms with Gasteiger partial charge in [0.25, 0.3) is 0 Å². The third-order valence-electron chi connectivity index (χ3n) is 2.55. The van der Waals surface area contributed by atoms with Gasteiger partial charge in [-0.25, -0.2) is 4.98 Å². The fourth-order valence-electron chi connectivity index (χ4n) is 1.78. The molecular formula is C12H8N2O2. The minimum atomic E-state index is -0.189. The van der Waals surface area contributed by atoms with Crippen molar-refractivity contribution in [1.29, 1.82) is 0 Å². The Morgan fingerprint density at radius 2 is 1.88 bits per heavy atom. The summed E-state index contributed by atoms with van der Waals surface area (Å²) in [6.07, 6.45) is 0. The third-order valence-corrected chi connectivity index (χ3v) is 2.55. The highest BCUT2D eigenvalue weighted by atomic mass is 16.5. The van der Waals surface area contributed by atoms with Crippen LogP contribution in [0, 0.1) is 0 Å². The van der Waals surface area contributed by atoms with Crippen LogP contribution in [0.1, 0.15) is 0 Å². The van der Waals surface area contributed by atoms with E-state index in [9.17, 15) is 10.0 Å². The Morgan fingerprint density at radius 3 is 2.75 bits per heavy atom. The Morgan fingerprint density at radius 1 is 1.06 bits per heavy atom. The van der Waals surface area contributed by atoms with Crippen LogP contribution in [0.5, 0.6) is 0 Å². The van der Waals surface area contributed by atoms with Crippen LogP contribution in [0.4, 0.5) is 0 Å². The maximum Gasteiger partial charge on any atom is 0.206 e. The van der Waals surface area contributed by atoms with Gasteiger partial charge < -0.3 is 5.21 Å². The fourth-order valence-corrected chi connectivity index (χ4v) is 1.78. The summed E-state index contributed by atoms with van der Waals surface area (Å²) in [6.45, 7) is 0. The van der Waals surface area contributed by atoms with E-state index in [0.29, 0.717) is 16.7 Å². The van der Waals surface area contributed by atoms with Gasteiger partial charge in [0.05, 0.1) is 5.52 Å². The van der Waals surface area contributed by atoms with Gasteiger partial charge in [0.2, 0.25) is 5.43 Å². The maximum absolute atomic E-state index is 11.6. The quantitative estimate of drug-likeness (QED) is 0.456. The van der Waals surface area contributed by atoms with E-state index >= 15 is 0 Å². The van der Waals surface area contributed by atoms with E-state index in [-0.39, 0.29) is 11.1 Å². The first-order valence-electron chi connectivity index (χ1n) is 4.87. The maximum atomic E-state index is 11.6. The second-order valence-electron chi connectivity index (χ2n) is 3.54. The van der Waals surface area contributed by atoms with Crippen molar-refractivity contribution in [3.63, 3.8) is 0 Å².